The van der Waals surface area contributed by atoms with Crippen LogP contribution in [0.15, 0.2) is 53.1 Å². The lowest BCUT2D eigenvalue weighted by Gasteiger charge is -2.17. The molecule has 0 aliphatic carbocycles. The van der Waals surface area contributed by atoms with Crippen LogP contribution in [0.4, 0.5) is 0 Å². The summed E-state index contributed by atoms with van der Waals surface area (Å²) in [4.78, 5) is 18.8. The number of carbonyl (C=O) groups is 1. The normalized spacial score (nSPS) is 16.5. The predicted molar refractivity (Wildman–Crippen MR) is 98.4 cm³/mol. The fourth-order valence-corrected chi connectivity index (χ4v) is 3.30. The molecule has 2 heterocycles. The summed E-state index contributed by atoms with van der Waals surface area (Å²) < 4.78 is 5.37. The van der Waals surface area contributed by atoms with Crippen molar-refractivity contribution in [3.63, 3.8) is 0 Å². The predicted octanol–water partition coefficient (Wildman–Crippen LogP) is 3.43. The first-order valence-corrected chi connectivity index (χ1v) is 8.80. The molecule has 1 aliphatic rings. The van der Waals surface area contributed by atoms with E-state index in [9.17, 15) is 4.79 Å². The molecule has 0 saturated carbocycles. The zero-order valence-corrected chi connectivity index (χ0v) is 14.9. The molecule has 0 spiro atoms. The topological polar surface area (TPSA) is 83.0 Å². The van der Waals surface area contributed by atoms with E-state index in [4.69, 9.17) is 9.78 Å². The second-order valence-electron chi connectivity index (χ2n) is 6.75. The molecule has 2 aromatic carbocycles. The first-order valence-electron chi connectivity index (χ1n) is 8.80. The molecule has 1 aliphatic heterocycles. The summed E-state index contributed by atoms with van der Waals surface area (Å²) in [6.07, 6.45) is 0.387. The maximum atomic E-state index is 12.4. The van der Waals surface area contributed by atoms with E-state index in [0.29, 0.717) is 36.8 Å². The Morgan fingerprint density at radius 3 is 2.74 bits per heavy atom. The van der Waals surface area contributed by atoms with Crippen LogP contribution in [0.3, 0.4) is 0 Å². The number of amides is 1. The van der Waals surface area contributed by atoms with Crippen molar-refractivity contribution in [2.45, 2.75) is 25.8 Å². The largest absolute Gasteiger partial charge is 0.338 e. The lowest BCUT2D eigenvalue weighted by molar-refractivity contribution is -0.128. The highest BCUT2D eigenvalue weighted by Crippen LogP contribution is 2.29. The third kappa shape index (κ3) is 3.44. The van der Waals surface area contributed by atoms with Crippen molar-refractivity contribution in [3.05, 3.63) is 71.0 Å². The number of hydrogen-bond donors (Lipinski definition) is 0. The van der Waals surface area contributed by atoms with E-state index in [1.54, 1.807) is 24.3 Å². The number of benzene rings is 2. The third-order valence-corrected chi connectivity index (χ3v) is 4.90. The summed E-state index contributed by atoms with van der Waals surface area (Å²) in [7, 11) is 0. The minimum atomic E-state index is -0.0719. The highest BCUT2D eigenvalue weighted by molar-refractivity contribution is 5.79. The molecule has 1 amide bonds. The van der Waals surface area contributed by atoms with Crippen LogP contribution in [0.2, 0.25) is 0 Å². The molecule has 1 aromatic heterocycles. The van der Waals surface area contributed by atoms with Gasteiger partial charge in [0.25, 0.3) is 5.89 Å². The van der Waals surface area contributed by atoms with Crippen molar-refractivity contribution in [2.24, 2.45) is 0 Å². The Balaban J connectivity index is 1.48. The Morgan fingerprint density at radius 1 is 1.22 bits per heavy atom. The second kappa shape index (κ2) is 7.04. The van der Waals surface area contributed by atoms with Crippen molar-refractivity contribution in [3.8, 4) is 17.5 Å². The molecule has 0 N–H and O–H groups in total. The van der Waals surface area contributed by atoms with E-state index in [1.165, 1.54) is 5.56 Å². The summed E-state index contributed by atoms with van der Waals surface area (Å²) in [5.41, 5.74) is 3.66. The second-order valence-corrected chi connectivity index (χ2v) is 6.75. The average molecular weight is 358 g/mol. The molecule has 6 nitrogen and oxygen atoms in total. The molecule has 0 unspecified atom stereocenters. The van der Waals surface area contributed by atoms with Crippen LogP contribution in [0.5, 0.6) is 0 Å². The molecule has 3 aromatic rings. The maximum Gasteiger partial charge on any atom is 0.257 e. The van der Waals surface area contributed by atoms with Crippen LogP contribution in [0.25, 0.3) is 11.5 Å². The van der Waals surface area contributed by atoms with Gasteiger partial charge in [0, 0.05) is 31.0 Å². The smallest absolute Gasteiger partial charge is 0.257 e. The standard InChI is InChI=1S/C21H18N4O2/c1-14-4-2-3-5-17(14)12-25-13-18(10-19(25)26)20-23-21(27-24-20)16-8-6-15(11-22)7-9-16/h2-9,18H,10,12-13H2,1H3/t18-/m1/s1. The molecule has 27 heavy (non-hydrogen) atoms. The van der Waals surface area contributed by atoms with Gasteiger partial charge in [0.1, 0.15) is 0 Å². The molecule has 4 rings (SSSR count). The number of aryl methyl sites for hydroxylation is 1. The summed E-state index contributed by atoms with van der Waals surface area (Å²) in [5.74, 6) is 0.986. The number of likely N-dealkylation sites (tertiary alicyclic amines) is 1. The van der Waals surface area contributed by atoms with E-state index in [0.717, 1.165) is 11.1 Å². The number of carbonyl (C=O) groups excluding carboxylic acids is 1. The monoisotopic (exact) mass is 358 g/mol. The minimum absolute atomic E-state index is 0.0719. The Morgan fingerprint density at radius 2 is 2.00 bits per heavy atom. The summed E-state index contributed by atoms with van der Waals surface area (Å²) in [6.45, 7) is 3.23. The molecular formula is C21H18N4O2. The maximum absolute atomic E-state index is 12.4. The van der Waals surface area contributed by atoms with Crippen molar-refractivity contribution in [1.82, 2.24) is 15.0 Å². The molecule has 1 atom stereocenters. The fraction of sp³-hybridized carbons (Fsp3) is 0.238. The van der Waals surface area contributed by atoms with E-state index in [2.05, 4.69) is 29.2 Å². The van der Waals surface area contributed by atoms with E-state index in [1.807, 2.05) is 23.1 Å². The molecule has 1 fully saturated rings. The molecule has 0 bridgehead atoms. The number of nitriles is 1. The Labute approximate surface area is 157 Å². The van der Waals surface area contributed by atoms with E-state index in [-0.39, 0.29) is 11.8 Å². The molecular weight excluding hydrogens is 340 g/mol. The Bertz CT molecular complexity index is 1020. The summed E-state index contributed by atoms with van der Waals surface area (Å²) >= 11 is 0. The van der Waals surface area contributed by atoms with Gasteiger partial charge >= 0.3 is 0 Å². The fourth-order valence-electron chi connectivity index (χ4n) is 3.30. The van der Waals surface area contributed by atoms with Gasteiger partial charge in [-0.2, -0.15) is 10.2 Å². The van der Waals surface area contributed by atoms with Crippen LogP contribution in [-0.2, 0) is 11.3 Å². The van der Waals surface area contributed by atoms with E-state index >= 15 is 0 Å². The summed E-state index contributed by atoms with van der Waals surface area (Å²) in [5, 5.41) is 13.0. The lowest BCUT2D eigenvalue weighted by Crippen LogP contribution is -2.24. The van der Waals surface area contributed by atoms with Crippen molar-refractivity contribution in [1.29, 1.82) is 5.26 Å². The average Bonchev–Trinajstić information content (AvgIpc) is 3.31. The summed E-state index contributed by atoms with van der Waals surface area (Å²) in [6, 6.07) is 17.1. The zero-order valence-electron chi connectivity index (χ0n) is 14.9. The van der Waals surface area contributed by atoms with Crippen LogP contribution in [-0.4, -0.2) is 27.5 Å². The van der Waals surface area contributed by atoms with E-state index < -0.39 is 0 Å². The van der Waals surface area contributed by atoms with Gasteiger partial charge in [0.15, 0.2) is 5.82 Å². The Hall–Kier alpha value is -3.46. The minimum Gasteiger partial charge on any atom is -0.338 e. The van der Waals surface area contributed by atoms with Crippen LogP contribution >= 0.6 is 0 Å². The molecule has 0 radical (unpaired) electrons. The first-order chi connectivity index (χ1) is 13.1. The SMILES string of the molecule is Cc1ccccc1CN1C[C@H](c2noc(-c3ccc(C#N)cc3)n2)CC1=O. The first kappa shape index (κ1) is 17.0. The number of hydrogen-bond acceptors (Lipinski definition) is 5. The quantitative estimate of drug-likeness (QED) is 0.713. The van der Waals surface area contributed by atoms with Crippen LogP contribution in [0.1, 0.15) is 34.9 Å². The Kier molecular flexibility index (Phi) is 4.43. The van der Waals surface area contributed by atoms with Crippen LogP contribution < -0.4 is 0 Å². The lowest BCUT2D eigenvalue weighted by atomic mass is 10.1. The third-order valence-electron chi connectivity index (χ3n) is 4.90. The van der Waals surface area contributed by atoms with Gasteiger partial charge in [-0.05, 0) is 42.3 Å². The van der Waals surface area contributed by atoms with Gasteiger partial charge in [-0.1, -0.05) is 29.4 Å². The van der Waals surface area contributed by atoms with Crippen molar-refractivity contribution < 1.29 is 9.32 Å². The van der Waals surface area contributed by atoms with Gasteiger partial charge in [0.05, 0.1) is 11.6 Å². The number of nitrogens with zero attached hydrogens (tertiary/aromatic N) is 4. The van der Waals surface area contributed by atoms with Crippen molar-refractivity contribution >= 4 is 5.91 Å². The van der Waals surface area contributed by atoms with Crippen LogP contribution in [0, 0.1) is 18.3 Å². The molecule has 1 saturated heterocycles. The zero-order chi connectivity index (χ0) is 18.8. The van der Waals surface area contributed by atoms with Gasteiger partial charge in [-0.15, -0.1) is 0 Å². The number of aromatic nitrogens is 2. The van der Waals surface area contributed by atoms with Gasteiger partial charge < -0.3 is 9.42 Å². The van der Waals surface area contributed by atoms with Gasteiger partial charge in [-0.25, -0.2) is 0 Å². The molecule has 6 heteroatoms. The highest BCUT2D eigenvalue weighted by atomic mass is 16.5. The highest BCUT2D eigenvalue weighted by Gasteiger charge is 2.33. The van der Waals surface area contributed by atoms with Crippen molar-refractivity contribution in [2.75, 3.05) is 6.54 Å². The number of rotatable bonds is 4. The van der Waals surface area contributed by atoms with Gasteiger partial charge in [0.2, 0.25) is 5.91 Å². The molecule has 134 valence electrons. The van der Waals surface area contributed by atoms with Gasteiger partial charge in [-0.3, -0.25) is 4.79 Å².